The molecule has 54 heavy (non-hydrogen) atoms. The van der Waals surface area contributed by atoms with Crippen molar-refractivity contribution in [3.8, 4) is 5.75 Å². The molecule has 1 aromatic heterocycles. The first-order valence-electron chi connectivity index (χ1n) is 18.5. The molecule has 292 valence electrons. The molecule has 5 rings (SSSR count). The number of aromatic nitrogens is 1. The summed E-state index contributed by atoms with van der Waals surface area (Å²) in [5.41, 5.74) is 4.94. The molecular weight excluding hydrogens is 725 g/mol. The first-order chi connectivity index (χ1) is 25.8. The number of nitrogens with one attached hydrogen (secondary N) is 2. The molecule has 0 saturated heterocycles. The second-order valence-electron chi connectivity index (χ2n) is 13.3. The number of thiazole rings is 1. The molecule has 0 aliphatic carbocycles. The van der Waals surface area contributed by atoms with Crippen LogP contribution in [-0.4, -0.2) is 97.8 Å². The fraction of sp³-hybridized carbons (Fsp3) is 0.415. The summed E-state index contributed by atoms with van der Waals surface area (Å²) in [5.74, 6) is 0.205. The van der Waals surface area contributed by atoms with E-state index in [9.17, 15) is 23.1 Å². The molecule has 0 fully saturated rings. The third-order valence-electron chi connectivity index (χ3n) is 9.42. The van der Waals surface area contributed by atoms with E-state index in [4.69, 9.17) is 9.29 Å². The molecule has 5 aromatic rings. The van der Waals surface area contributed by atoms with Crippen LogP contribution in [0.5, 0.6) is 5.75 Å². The van der Waals surface area contributed by atoms with Gasteiger partial charge in [0, 0.05) is 26.2 Å². The van der Waals surface area contributed by atoms with Gasteiger partial charge < -0.3 is 29.9 Å². The lowest BCUT2D eigenvalue weighted by Gasteiger charge is -2.27. The topological polar surface area (TPSA) is 152 Å². The standard InChI is InChI=1S/C32H42N4O4S.C9H12O3S/c1-3-35(4-2)20-21-36(19-18-33-17-14-26-12-13-28(37)30-31(26)41-32(39)34-30)29(38)16-23-40-22-15-25-10-7-9-24-8-5-6-11-27(24)25;1-6-4-7(2)9(8(3)5-6)13(10,11)12/h5-13,33,37H,3-4,14-23H2,1-2H3,(H,34,39);4-5H,1-3H3,(H,10,11,12). The second-order valence-corrected chi connectivity index (χ2v) is 15.7. The number of rotatable bonds is 18. The molecule has 11 nitrogen and oxygen atoms in total. The average Bonchev–Trinajstić information content (AvgIpc) is 3.53. The zero-order chi connectivity index (χ0) is 39.3. The number of hydrogen-bond acceptors (Lipinski definition) is 9. The SMILES string of the molecule is CCN(CC)CCN(CCNCCc1ccc(O)c2[nH]c(=O)sc12)C(=O)CCOCCc1cccc2ccccc12.Cc1cc(C)c(S(=O)(=O)O)c(C)c1. The Morgan fingerprint density at radius 1 is 0.870 bits per heavy atom. The summed E-state index contributed by atoms with van der Waals surface area (Å²) in [6.45, 7) is 16.0. The molecule has 0 atom stereocenters. The Hall–Kier alpha value is -4.11. The Kier molecular flexibility index (Phi) is 16.2. The van der Waals surface area contributed by atoms with Crippen molar-refractivity contribution in [1.29, 1.82) is 0 Å². The maximum Gasteiger partial charge on any atom is 0.305 e. The molecule has 0 saturated carbocycles. The molecule has 4 N–H and O–H groups in total. The van der Waals surface area contributed by atoms with Crippen LogP contribution in [0, 0.1) is 20.8 Å². The highest BCUT2D eigenvalue weighted by Gasteiger charge is 2.17. The summed E-state index contributed by atoms with van der Waals surface area (Å²) in [4.78, 5) is 31.7. The van der Waals surface area contributed by atoms with Crippen LogP contribution >= 0.6 is 11.3 Å². The van der Waals surface area contributed by atoms with Gasteiger partial charge in [0.25, 0.3) is 10.1 Å². The van der Waals surface area contributed by atoms with Gasteiger partial charge in [0.05, 0.1) is 29.2 Å². The van der Waals surface area contributed by atoms with E-state index in [2.05, 4.69) is 71.5 Å². The number of ether oxygens (including phenoxy) is 1. The average molecular weight is 779 g/mol. The van der Waals surface area contributed by atoms with Crippen LogP contribution in [-0.2, 0) is 32.5 Å². The van der Waals surface area contributed by atoms with Crippen LogP contribution in [0.15, 0.2) is 76.4 Å². The monoisotopic (exact) mass is 778 g/mol. The van der Waals surface area contributed by atoms with Crippen LogP contribution in [0.3, 0.4) is 0 Å². The van der Waals surface area contributed by atoms with Gasteiger partial charge in [0.15, 0.2) is 0 Å². The predicted octanol–water partition coefficient (Wildman–Crippen LogP) is 6.26. The number of benzene rings is 4. The molecule has 4 aromatic carbocycles. The zero-order valence-electron chi connectivity index (χ0n) is 32.0. The summed E-state index contributed by atoms with van der Waals surface area (Å²) in [5, 5.41) is 15.9. The number of phenols is 1. The van der Waals surface area contributed by atoms with Crippen LogP contribution in [0.1, 0.15) is 48.1 Å². The molecule has 0 unspecified atom stereocenters. The number of carbonyl (C=O) groups is 1. The van der Waals surface area contributed by atoms with E-state index in [1.807, 2.05) is 17.9 Å². The van der Waals surface area contributed by atoms with E-state index >= 15 is 0 Å². The summed E-state index contributed by atoms with van der Waals surface area (Å²) in [6, 6.07) is 21.7. The Balaban J connectivity index is 0.000000422. The molecule has 0 aliphatic rings. The summed E-state index contributed by atoms with van der Waals surface area (Å²) >= 11 is 1.12. The van der Waals surface area contributed by atoms with Crippen molar-refractivity contribution in [3.05, 3.63) is 104 Å². The smallest absolute Gasteiger partial charge is 0.305 e. The number of hydrogen-bond donors (Lipinski definition) is 4. The summed E-state index contributed by atoms with van der Waals surface area (Å²) in [6.07, 6.45) is 1.91. The number of aromatic hydroxyl groups is 1. The molecular formula is C41H54N4O7S2. The van der Waals surface area contributed by atoms with Crippen molar-refractivity contribution < 1.29 is 27.6 Å². The van der Waals surface area contributed by atoms with Gasteiger partial charge in [-0.25, -0.2) is 0 Å². The number of aryl methyl sites for hydroxylation is 3. The number of phenolic OH excluding ortho intramolecular Hbond substituents is 1. The Morgan fingerprint density at radius 2 is 1.57 bits per heavy atom. The third kappa shape index (κ3) is 12.2. The van der Waals surface area contributed by atoms with Gasteiger partial charge in [0.1, 0.15) is 11.3 Å². The van der Waals surface area contributed by atoms with E-state index in [0.717, 1.165) is 59.6 Å². The van der Waals surface area contributed by atoms with Crippen LogP contribution in [0.2, 0.25) is 0 Å². The minimum atomic E-state index is -4.08. The molecule has 0 radical (unpaired) electrons. The number of amides is 1. The first kappa shape index (κ1) is 42.6. The minimum absolute atomic E-state index is 0.0260. The molecule has 0 spiro atoms. The fourth-order valence-corrected chi connectivity index (χ4v) is 8.51. The number of fused-ring (bicyclic) bond motifs is 2. The highest BCUT2D eigenvalue weighted by atomic mass is 32.2. The lowest BCUT2D eigenvalue weighted by Crippen LogP contribution is -2.42. The molecule has 1 heterocycles. The molecule has 0 bridgehead atoms. The van der Waals surface area contributed by atoms with Gasteiger partial charge in [-0.3, -0.25) is 14.1 Å². The van der Waals surface area contributed by atoms with Gasteiger partial charge in [-0.2, -0.15) is 8.42 Å². The van der Waals surface area contributed by atoms with Gasteiger partial charge in [-0.1, -0.05) is 91.4 Å². The summed E-state index contributed by atoms with van der Waals surface area (Å²) in [7, 11) is -4.08. The zero-order valence-corrected chi connectivity index (χ0v) is 33.6. The van der Waals surface area contributed by atoms with Crippen molar-refractivity contribution in [2.75, 3.05) is 59.0 Å². The van der Waals surface area contributed by atoms with Gasteiger partial charge >= 0.3 is 4.87 Å². The van der Waals surface area contributed by atoms with Crippen molar-refractivity contribution in [2.45, 2.75) is 58.8 Å². The lowest BCUT2D eigenvalue weighted by molar-refractivity contribution is -0.132. The Morgan fingerprint density at radius 3 is 2.28 bits per heavy atom. The van der Waals surface area contributed by atoms with E-state index in [0.29, 0.717) is 62.5 Å². The van der Waals surface area contributed by atoms with E-state index in [-0.39, 0.29) is 21.4 Å². The van der Waals surface area contributed by atoms with Crippen LogP contribution < -0.4 is 10.2 Å². The summed E-state index contributed by atoms with van der Waals surface area (Å²) < 4.78 is 37.5. The molecule has 13 heteroatoms. The number of carbonyl (C=O) groups excluding carboxylic acids is 1. The Labute approximate surface area is 322 Å². The number of aromatic amines is 1. The normalized spacial score (nSPS) is 11.6. The number of nitrogens with zero attached hydrogens (tertiary/aromatic N) is 2. The first-order valence-corrected chi connectivity index (χ1v) is 20.7. The van der Waals surface area contributed by atoms with Gasteiger partial charge in [0.2, 0.25) is 5.91 Å². The van der Waals surface area contributed by atoms with Crippen LogP contribution in [0.25, 0.3) is 21.0 Å². The third-order valence-corrected chi connectivity index (χ3v) is 11.5. The van der Waals surface area contributed by atoms with Gasteiger partial charge in [-0.15, -0.1) is 0 Å². The van der Waals surface area contributed by atoms with Crippen molar-refractivity contribution in [3.63, 3.8) is 0 Å². The van der Waals surface area contributed by atoms with E-state index < -0.39 is 10.1 Å². The lowest BCUT2D eigenvalue weighted by atomic mass is 10.0. The number of H-pyrrole nitrogens is 1. The maximum atomic E-state index is 13.2. The van der Waals surface area contributed by atoms with Crippen molar-refractivity contribution in [2.24, 2.45) is 0 Å². The van der Waals surface area contributed by atoms with E-state index in [1.54, 1.807) is 32.0 Å². The number of likely N-dealkylation sites (N-methyl/N-ethyl adjacent to an activating group) is 1. The highest BCUT2D eigenvalue weighted by Crippen LogP contribution is 2.28. The Bertz CT molecular complexity index is 2130. The largest absolute Gasteiger partial charge is 0.506 e. The van der Waals surface area contributed by atoms with Crippen LogP contribution in [0.4, 0.5) is 0 Å². The maximum absolute atomic E-state index is 13.2. The highest BCUT2D eigenvalue weighted by molar-refractivity contribution is 7.86. The van der Waals surface area contributed by atoms with Crippen molar-refractivity contribution in [1.82, 2.24) is 20.1 Å². The predicted molar refractivity (Wildman–Crippen MR) is 219 cm³/mol. The van der Waals surface area contributed by atoms with Crippen molar-refractivity contribution >= 4 is 48.4 Å². The van der Waals surface area contributed by atoms with E-state index in [1.165, 1.54) is 16.3 Å². The van der Waals surface area contributed by atoms with Gasteiger partial charge in [-0.05, 0) is 92.3 Å². The minimum Gasteiger partial charge on any atom is -0.506 e. The fourth-order valence-electron chi connectivity index (χ4n) is 6.68. The quantitative estimate of drug-likeness (QED) is 0.0597. The molecule has 0 aliphatic heterocycles. The molecule has 1 amide bonds. The second kappa shape index (κ2) is 20.5.